The molecule has 266 valence electrons. The fourth-order valence-electron chi connectivity index (χ4n) is 7.16. The van der Waals surface area contributed by atoms with Crippen molar-refractivity contribution in [2.24, 2.45) is 0 Å². The third kappa shape index (κ3) is 7.16. The summed E-state index contributed by atoms with van der Waals surface area (Å²) in [7, 11) is 0. The summed E-state index contributed by atoms with van der Waals surface area (Å²) in [5, 5.41) is 5.02. The van der Waals surface area contributed by atoms with Gasteiger partial charge >= 0.3 is 0 Å². The third-order valence-electron chi connectivity index (χ3n) is 9.98. The zero-order chi connectivity index (χ0) is 36.4. The molecular weight excluding hydrogens is 700 g/mol. The Hall–Kier alpha value is -5.12. The van der Waals surface area contributed by atoms with E-state index in [-0.39, 0.29) is 29.3 Å². The number of benzene rings is 4. The van der Waals surface area contributed by atoms with E-state index in [1.54, 1.807) is 29.0 Å². The number of aromatic nitrogens is 2. The average Bonchev–Trinajstić information content (AvgIpc) is 3.59. The number of fused-ring (bicyclic) bond motifs is 2. The maximum atomic E-state index is 15.8. The van der Waals surface area contributed by atoms with Crippen LogP contribution in [0.1, 0.15) is 46.3 Å². The van der Waals surface area contributed by atoms with E-state index in [0.717, 1.165) is 27.6 Å². The fraction of sp³-hybridized carbons (Fsp3) is 0.244. The van der Waals surface area contributed by atoms with Crippen LogP contribution >= 0.6 is 23.2 Å². The average molecular weight is 739 g/mol. The first-order valence-electron chi connectivity index (χ1n) is 17.4. The molecule has 3 heterocycles. The second kappa shape index (κ2) is 15.2. The molecule has 1 fully saturated rings. The maximum absolute atomic E-state index is 15.8. The Morgan fingerprint density at radius 2 is 1.65 bits per heavy atom. The number of aryl methyl sites for hydroxylation is 2. The number of halogens is 3. The van der Waals surface area contributed by atoms with Gasteiger partial charge in [0.25, 0.3) is 5.91 Å². The Kier molecular flexibility index (Phi) is 10.3. The molecule has 4 aromatic carbocycles. The van der Waals surface area contributed by atoms with E-state index in [1.807, 2.05) is 83.6 Å². The van der Waals surface area contributed by atoms with Crippen LogP contribution in [0.5, 0.6) is 0 Å². The highest BCUT2D eigenvalue weighted by atomic mass is 35.5. The van der Waals surface area contributed by atoms with Crippen molar-refractivity contribution in [3.8, 4) is 0 Å². The SMILES string of the molecule is CCn1cc(C(=O)NCC(c2ccc(Cl)cc2Cl)c2c[nH]c3ccccc23)c(=O)c2cc(F)c(N3CCN(C(=O)CCc4ccccc4)CC3)cc21. The second-order valence-corrected chi connectivity index (χ2v) is 13.9. The van der Waals surface area contributed by atoms with Gasteiger partial charge in [-0.15, -0.1) is 0 Å². The fourth-order valence-corrected chi connectivity index (χ4v) is 7.70. The molecule has 0 bridgehead atoms. The molecule has 11 heteroatoms. The lowest BCUT2D eigenvalue weighted by atomic mass is 9.90. The highest BCUT2D eigenvalue weighted by Gasteiger charge is 2.26. The molecule has 0 radical (unpaired) electrons. The molecule has 1 aliphatic heterocycles. The molecule has 2 N–H and O–H groups in total. The van der Waals surface area contributed by atoms with Crippen LogP contribution in [0.3, 0.4) is 0 Å². The number of H-pyrrole nitrogens is 1. The van der Waals surface area contributed by atoms with Crippen molar-refractivity contribution in [1.82, 2.24) is 19.8 Å². The number of anilines is 1. The maximum Gasteiger partial charge on any atom is 0.256 e. The molecule has 52 heavy (non-hydrogen) atoms. The van der Waals surface area contributed by atoms with Crippen LogP contribution in [0, 0.1) is 5.82 Å². The van der Waals surface area contributed by atoms with Crippen molar-refractivity contribution in [1.29, 1.82) is 0 Å². The standard InChI is InChI=1S/C41H38Cl2FN5O3/c1-2-47-25-33(41(52)46-24-31(28-14-13-27(42)20-34(28)43)32-23-45-36-11-7-6-10-29(32)36)40(51)30-21-35(44)38(22-37(30)47)48-16-18-49(19-17-48)39(50)15-12-26-8-4-3-5-9-26/h3-11,13-14,20-23,25,31,45H,2,12,15-19,24H2,1H3,(H,46,52). The molecule has 0 saturated carbocycles. The van der Waals surface area contributed by atoms with Crippen LogP contribution in [-0.2, 0) is 17.8 Å². The van der Waals surface area contributed by atoms with E-state index in [2.05, 4.69) is 10.3 Å². The van der Waals surface area contributed by atoms with Gasteiger partial charge in [0.15, 0.2) is 0 Å². The number of para-hydroxylation sites is 1. The number of nitrogens with zero attached hydrogens (tertiary/aromatic N) is 3. The number of hydrogen-bond acceptors (Lipinski definition) is 4. The summed E-state index contributed by atoms with van der Waals surface area (Å²) >= 11 is 12.9. The van der Waals surface area contributed by atoms with Crippen LogP contribution in [-0.4, -0.2) is 59.0 Å². The van der Waals surface area contributed by atoms with E-state index in [9.17, 15) is 14.4 Å². The van der Waals surface area contributed by atoms with Crippen molar-refractivity contribution < 1.29 is 14.0 Å². The predicted octanol–water partition coefficient (Wildman–Crippen LogP) is 7.79. The number of piperazine rings is 1. The first-order chi connectivity index (χ1) is 25.2. The Morgan fingerprint density at radius 3 is 2.40 bits per heavy atom. The van der Waals surface area contributed by atoms with Gasteiger partial charge in [-0.3, -0.25) is 14.4 Å². The summed E-state index contributed by atoms with van der Waals surface area (Å²) in [6.45, 7) is 4.38. The molecule has 1 unspecified atom stereocenters. The summed E-state index contributed by atoms with van der Waals surface area (Å²) in [5.41, 5.74) is 4.02. The van der Waals surface area contributed by atoms with Gasteiger partial charge in [0, 0.05) is 90.3 Å². The summed E-state index contributed by atoms with van der Waals surface area (Å²) in [5.74, 6) is -1.40. The number of carbonyl (C=O) groups is 2. The van der Waals surface area contributed by atoms with E-state index in [0.29, 0.717) is 66.8 Å². The number of rotatable bonds is 10. The molecule has 1 atom stereocenters. The normalized spacial score (nSPS) is 13.8. The van der Waals surface area contributed by atoms with Gasteiger partial charge in [0.1, 0.15) is 11.4 Å². The third-order valence-corrected chi connectivity index (χ3v) is 10.5. The van der Waals surface area contributed by atoms with E-state index < -0.39 is 17.2 Å². The van der Waals surface area contributed by atoms with Crippen molar-refractivity contribution in [2.45, 2.75) is 32.2 Å². The van der Waals surface area contributed by atoms with Crippen LogP contribution in [0.15, 0.2) is 102 Å². The Balaban J connectivity index is 1.10. The molecule has 2 amide bonds. The number of amides is 2. The molecule has 7 rings (SSSR count). The predicted molar refractivity (Wildman–Crippen MR) is 206 cm³/mol. The molecule has 2 aromatic heterocycles. The highest BCUT2D eigenvalue weighted by Crippen LogP contribution is 2.35. The molecule has 0 aliphatic carbocycles. The van der Waals surface area contributed by atoms with E-state index >= 15 is 4.39 Å². The zero-order valence-corrected chi connectivity index (χ0v) is 30.2. The van der Waals surface area contributed by atoms with Crippen LogP contribution in [0.2, 0.25) is 10.0 Å². The smallest absolute Gasteiger partial charge is 0.256 e. The Morgan fingerprint density at radius 1 is 0.904 bits per heavy atom. The number of nitrogens with one attached hydrogen (secondary N) is 2. The zero-order valence-electron chi connectivity index (χ0n) is 28.7. The molecule has 6 aromatic rings. The Labute approximate surface area is 310 Å². The van der Waals surface area contributed by atoms with Gasteiger partial charge in [0.2, 0.25) is 11.3 Å². The second-order valence-electron chi connectivity index (χ2n) is 13.1. The molecule has 1 aliphatic rings. The lowest BCUT2D eigenvalue weighted by Crippen LogP contribution is -2.49. The molecule has 0 spiro atoms. The topological polar surface area (TPSA) is 90.4 Å². The van der Waals surface area contributed by atoms with Crippen LogP contribution in [0.25, 0.3) is 21.8 Å². The van der Waals surface area contributed by atoms with Gasteiger partial charge in [-0.05, 0) is 60.4 Å². The van der Waals surface area contributed by atoms with Crippen molar-refractivity contribution in [3.05, 3.63) is 146 Å². The van der Waals surface area contributed by atoms with Gasteiger partial charge in [0.05, 0.1) is 11.2 Å². The summed E-state index contributed by atoms with van der Waals surface area (Å²) < 4.78 is 17.6. The van der Waals surface area contributed by atoms with Crippen LogP contribution in [0.4, 0.5) is 10.1 Å². The number of aromatic amines is 1. The van der Waals surface area contributed by atoms with E-state index in [4.69, 9.17) is 23.2 Å². The van der Waals surface area contributed by atoms with Gasteiger partial charge < -0.3 is 24.7 Å². The summed E-state index contributed by atoms with van der Waals surface area (Å²) in [6, 6.07) is 25.9. The van der Waals surface area contributed by atoms with Crippen molar-refractivity contribution in [2.75, 3.05) is 37.6 Å². The molecule has 1 saturated heterocycles. The minimum Gasteiger partial charge on any atom is -0.366 e. The molecule has 8 nitrogen and oxygen atoms in total. The van der Waals surface area contributed by atoms with E-state index in [1.165, 1.54) is 6.07 Å². The first kappa shape index (κ1) is 35.3. The quantitative estimate of drug-likeness (QED) is 0.150. The van der Waals surface area contributed by atoms with Gasteiger partial charge in [-0.2, -0.15) is 0 Å². The number of carbonyl (C=O) groups excluding carboxylic acids is 2. The first-order valence-corrected chi connectivity index (χ1v) is 18.2. The number of hydrogen-bond donors (Lipinski definition) is 2. The monoisotopic (exact) mass is 737 g/mol. The lowest BCUT2D eigenvalue weighted by molar-refractivity contribution is -0.131. The van der Waals surface area contributed by atoms with Gasteiger partial charge in [-0.1, -0.05) is 77.8 Å². The number of pyridine rings is 1. The highest BCUT2D eigenvalue weighted by molar-refractivity contribution is 6.35. The van der Waals surface area contributed by atoms with Crippen LogP contribution < -0.4 is 15.6 Å². The summed E-state index contributed by atoms with van der Waals surface area (Å²) in [6.07, 6.45) is 4.54. The Bertz CT molecular complexity index is 2330. The minimum absolute atomic E-state index is 0.0796. The summed E-state index contributed by atoms with van der Waals surface area (Å²) in [4.78, 5) is 47.5. The van der Waals surface area contributed by atoms with Crippen molar-refractivity contribution in [3.63, 3.8) is 0 Å². The minimum atomic E-state index is -0.568. The van der Waals surface area contributed by atoms with Gasteiger partial charge in [-0.25, -0.2) is 4.39 Å². The molecular formula is C41H38Cl2FN5O3. The largest absolute Gasteiger partial charge is 0.366 e. The lowest BCUT2D eigenvalue weighted by Gasteiger charge is -2.36. The van der Waals surface area contributed by atoms with Crippen molar-refractivity contribution >= 4 is 62.5 Å².